The lowest BCUT2D eigenvalue weighted by atomic mass is 10.5. The smallest absolute Gasteiger partial charge is 0.242 e. The Balaban J connectivity index is 2.27. The molecule has 0 radical (unpaired) electrons. The van der Waals surface area contributed by atoms with Crippen LogP contribution < -0.4 is 4.72 Å². The van der Waals surface area contributed by atoms with Crippen LogP contribution in [0.3, 0.4) is 0 Å². The molecule has 1 aliphatic carbocycles. The predicted molar refractivity (Wildman–Crippen MR) is 58.3 cm³/mol. The number of nitrogens with one attached hydrogen (secondary N) is 1. The first kappa shape index (κ1) is 11.0. The van der Waals surface area contributed by atoms with Crippen molar-refractivity contribution in [1.82, 2.24) is 9.29 Å². The van der Waals surface area contributed by atoms with Crippen molar-refractivity contribution in [3.05, 3.63) is 18.0 Å². The van der Waals surface area contributed by atoms with E-state index in [2.05, 4.69) is 4.72 Å². The van der Waals surface area contributed by atoms with Crippen molar-refractivity contribution >= 4 is 21.6 Å². The van der Waals surface area contributed by atoms with Gasteiger partial charge in [-0.3, -0.25) is 0 Å². The van der Waals surface area contributed by atoms with Crippen LogP contribution in [-0.4, -0.2) is 19.0 Å². The third-order valence-electron chi connectivity index (χ3n) is 2.43. The number of hydrogen-bond donors (Lipinski definition) is 1. The fraction of sp³-hybridized carbons (Fsp3) is 0.556. The molecule has 1 aromatic rings. The molecule has 15 heavy (non-hydrogen) atoms. The van der Waals surface area contributed by atoms with Gasteiger partial charge in [0.05, 0.1) is 10.8 Å². The molecule has 2 rings (SSSR count). The first-order valence-corrected chi connectivity index (χ1v) is 6.78. The molecule has 1 fully saturated rings. The zero-order valence-corrected chi connectivity index (χ0v) is 9.98. The van der Waals surface area contributed by atoms with E-state index in [1.165, 1.54) is 0 Å². The Kier molecular flexibility index (Phi) is 2.79. The molecule has 0 amide bonds. The summed E-state index contributed by atoms with van der Waals surface area (Å²) in [6, 6.07) is 1.74. The van der Waals surface area contributed by atoms with Gasteiger partial charge >= 0.3 is 0 Å². The quantitative estimate of drug-likeness (QED) is 0.815. The normalized spacial score (nSPS) is 16.9. The summed E-state index contributed by atoms with van der Waals surface area (Å²) in [5.41, 5.74) is 0.799. The maximum atomic E-state index is 11.8. The van der Waals surface area contributed by atoms with Crippen LogP contribution in [0.2, 0.25) is 0 Å². The molecule has 0 atom stereocenters. The Hall–Kier alpha value is -0.520. The molecule has 1 saturated carbocycles. The third kappa shape index (κ3) is 2.35. The van der Waals surface area contributed by atoms with Crippen molar-refractivity contribution in [2.45, 2.75) is 29.7 Å². The van der Waals surface area contributed by atoms with Crippen LogP contribution in [0.5, 0.6) is 0 Å². The molecule has 1 heterocycles. The lowest BCUT2D eigenvalue weighted by molar-refractivity contribution is 0.581. The number of aromatic nitrogens is 1. The van der Waals surface area contributed by atoms with Crippen LogP contribution in [0, 0.1) is 0 Å². The monoisotopic (exact) mass is 248 g/mol. The molecule has 0 aliphatic heterocycles. The van der Waals surface area contributed by atoms with E-state index >= 15 is 0 Å². The van der Waals surface area contributed by atoms with E-state index in [1.54, 1.807) is 23.9 Å². The number of sulfonamides is 1. The zero-order chi connectivity index (χ0) is 11.1. The molecule has 0 unspecified atom stereocenters. The molecule has 84 valence electrons. The fourth-order valence-corrected chi connectivity index (χ4v) is 3.01. The van der Waals surface area contributed by atoms with Crippen molar-refractivity contribution in [3.8, 4) is 0 Å². The predicted octanol–water partition coefficient (Wildman–Crippen LogP) is 1.20. The summed E-state index contributed by atoms with van der Waals surface area (Å²) in [5, 5.41) is 0. The highest BCUT2D eigenvalue weighted by molar-refractivity contribution is 7.89. The first-order valence-electron chi connectivity index (χ1n) is 4.76. The average Bonchev–Trinajstić information content (AvgIpc) is 2.86. The van der Waals surface area contributed by atoms with Gasteiger partial charge in [0.2, 0.25) is 10.0 Å². The maximum absolute atomic E-state index is 11.8. The summed E-state index contributed by atoms with van der Waals surface area (Å²) in [6.07, 6.45) is 3.46. The van der Waals surface area contributed by atoms with Crippen LogP contribution in [-0.2, 0) is 23.0 Å². The minimum Gasteiger partial charge on any atom is -0.352 e. The van der Waals surface area contributed by atoms with E-state index < -0.39 is 10.0 Å². The van der Waals surface area contributed by atoms with E-state index in [1.807, 2.05) is 0 Å². The van der Waals surface area contributed by atoms with Crippen LogP contribution in [0.1, 0.15) is 18.5 Å². The molecule has 4 nitrogen and oxygen atoms in total. The Labute approximate surface area is 94.3 Å². The largest absolute Gasteiger partial charge is 0.352 e. The molecule has 0 bridgehead atoms. The average molecular weight is 249 g/mol. The summed E-state index contributed by atoms with van der Waals surface area (Å²) >= 11 is 5.68. The van der Waals surface area contributed by atoms with Gasteiger partial charge in [0.25, 0.3) is 0 Å². The van der Waals surface area contributed by atoms with Gasteiger partial charge < -0.3 is 4.57 Å². The molecule has 0 spiro atoms. The molecule has 1 N–H and O–H groups in total. The number of rotatable bonds is 4. The number of aryl methyl sites for hydroxylation is 1. The zero-order valence-electron chi connectivity index (χ0n) is 8.40. The second-order valence-electron chi connectivity index (χ2n) is 3.81. The van der Waals surface area contributed by atoms with Gasteiger partial charge in [-0.15, -0.1) is 11.6 Å². The Bertz CT molecular complexity index is 462. The molecule has 6 heteroatoms. The number of hydrogen-bond acceptors (Lipinski definition) is 2. The van der Waals surface area contributed by atoms with Gasteiger partial charge in [-0.1, -0.05) is 0 Å². The van der Waals surface area contributed by atoms with Gasteiger partial charge in [-0.2, -0.15) is 0 Å². The summed E-state index contributed by atoms with van der Waals surface area (Å²) < 4.78 is 28.0. The van der Waals surface area contributed by atoms with E-state index in [0.717, 1.165) is 18.5 Å². The van der Waals surface area contributed by atoms with Gasteiger partial charge in [-0.25, -0.2) is 13.1 Å². The van der Waals surface area contributed by atoms with Gasteiger partial charge in [0, 0.05) is 25.0 Å². The van der Waals surface area contributed by atoms with Crippen LogP contribution in [0.4, 0.5) is 0 Å². The van der Waals surface area contributed by atoms with Gasteiger partial charge in [0.1, 0.15) is 0 Å². The van der Waals surface area contributed by atoms with E-state index in [0.29, 0.717) is 10.8 Å². The lowest BCUT2D eigenvalue weighted by Crippen LogP contribution is -2.25. The van der Waals surface area contributed by atoms with E-state index in [-0.39, 0.29) is 6.04 Å². The van der Waals surface area contributed by atoms with Crippen molar-refractivity contribution in [1.29, 1.82) is 0 Å². The summed E-state index contributed by atoms with van der Waals surface area (Å²) in [4.78, 5) is 0.299. The van der Waals surface area contributed by atoms with Crippen LogP contribution >= 0.6 is 11.6 Å². The second kappa shape index (κ2) is 3.81. The van der Waals surface area contributed by atoms with Crippen molar-refractivity contribution < 1.29 is 8.42 Å². The fourth-order valence-electron chi connectivity index (χ4n) is 1.35. The molecule has 0 saturated heterocycles. The van der Waals surface area contributed by atoms with Crippen molar-refractivity contribution in [2.24, 2.45) is 7.05 Å². The highest BCUT2D eigenvalue weighted by Crippen LogP contribution is 2.23. The SMILES string of the molecule is Cn1cc(S(=O)(=O)NC2CC2)cc1CCl. The molecule has 1 aromatic heterocycles. The number of nitrogens with zero attached hydrogens (tertiary/aromatic N) is 1. The molecular formula is C9H13ClN2O2S. The third-order valence-corrected chi connectivity index (χ3v) is 4.19. The van der Waals surface area contributed by atoms with Crippen LogP contribution in [0.15, 0.2) is 17.2 Å². The van der Waals surface area contributed by atoms with E-state index in [9.17, 15) is 8.42 Å². The molecular weight excluding hydrogens is 236 g/mol. The highest BCUT2D eigenvalue weighted by atomic mass is 35.5. The second-order valence-corrected chi connectivity index (χ2v) is 5.79. The Morgan fingerprint density at radius 1 is 1.60 bits per heavy atom. The number of halogens is 1. The number of alkyl halides is 1. The first-order chi connectivity index (χ1) is 7.03. The van der Waals surface area contributed by atoms with Crippen molar-refractivity contribution in [3.63, 3.8) is 0 Å². The Morgan fingerprint density at radius 2 is 2.27 bits per heavy atom. The van der Waals surface area contributed by atoms with Crippen molar-refractivity contribution in [2.75, 3.05) is 0 Å². The summed E-state index contributed by atoms with van der Waals surface area (Å²) in [7, 11) is -1.55. The molecule has 1 aliphatic rings. The highest BCUT2D eigenvalue weighted by Gasteiger charge is 2.28. The maximum Gasteiger partial charge on any atom is 0.242 e. The standard InChI is InChI=1S/C9H13ClN2O2S/c1-12-6-9(4-8(12)5-10)15(13,14)11-7-2-3-7/h4,6-7,11H,2-3,5H2,1H3. The lowest BCUT2D eigenvalue weighted by Gasteiger charge is -2.01. The van der Waals surface area contributed by atoms with Gasteiger partial charge in [0.15, 0.2) is 0 Å². The minimum atomic E-state index is -3.34. The van der Waals surface area contributed by atoms with Crippen LogP contribution in [0.25, 0.3) is 0 Å². The van der Waals surface area contributed by atoms with E-state index in [4.69, 9.17) is 11.6 Å². The van der Waals surface area contributed by atoms with Gasteiger partial charge in [-0.05, 0) is 18.9 Å². The summed E-state index contributed by atoms with van der Waals surface area (Å²) in [5.74, 6) is 0.315. The minimum absolute atomic E-state index is 0.134. The Morgan fingerprint density at radius 3 is 2.73 bits per heavy atom. The summed E-state index contributed by atoms with van der Waals surface area (Å²) in [6.45, 7) is 0. The molecule has 0 aromatic carbocycles. The topological polar surface area (TPSA) is 51.1 Å².